The van der Waals surface area contributed by atoms with E-state index in [1.165, 1.54) is 0 Å². The third kappa shape index (κ3) is 3.92. The second-order valence-corrected chi connectivity index (χ2v) is 6.22. The number of amides is 1. The number of nitrogens with zero attached hydrogens (tertiary/aromatic N) is 2. The summed E-state index contributed by atoms with van der Waals surface area (Å²) in [6.07, 6.45) is 3.12. The van der Waals surface area contributed by atoms with Crippen LogP contribution >= 0.6 is 0 Å². The van der Waals surface area contributed by atoms with Crippen LogP contribution in [0, 0.1) is 11.3 Å². The topological polar surface area (TPSA) is 70.4 Å². The Kier molecular flexibility index (Phi) is 5.65. The Hall–Kier alpha value is -3.13. The molecular weight excluding hydrogens is 328 g/mol. The van der Waals surface area contributed by atoms with Gasteiger partial charge in [-0.05, 0) is 37.0 Å². The molecule has 3 rings (SSSR count). The number of piperidine rings is 1. The zero-order valence-corrected chi connectivity index (χ0v) is 14.5. The normalized spacial score (nSPS) is 13.7. The maximum atomic E-state index is 12.5. The molecule has 1 amide bonds. The van der Waals surface area contributed by atoms with Gasteiger partial charge in [0.25, 0.3) is 5.91 Å². The van der Waals surface area contributed by atoms with Gasteiger partial charge in [0.1, 0.15) is 0 Å². The van der Waals surface area contributed by atoms with E-state index in [4.69, 9.17) is 4.74 Å². The zero-order valence-electron chi connectivity index (χ0n) is 14.5. The van der Waals surface area contributed by atoms with Crippen molar-refractivity contribution in [3.8, 4) is 17.2 Å². The van der Waals surface area contributed by atoms with Crippen molar-refractivity contribution in [1.29, 1.82) is 5.26 Å². The van der Waals surface area contributed by atoms with Crippen LogP contribution in [0.5, 0.6) is 0 Å². The number of likely N-dealkylation sites (tertiary alicyclic amines) is 1. The molecule has 5 heteroatoms. The van der Waals surface area contributed by atoms with E-state index in [0.29, 0.717) is 22.3 Å². The molecule has 1 aliphatic rings. The molecular formula is C21H20N2O3. The second-order valence-electron chi connectivity index (χ2n) is 6.22. The Morgan fingerprint density at radius 3 is 2.35 bits per heavy atom. The molecule has 1 saturated heterocycles. The summed E-state index contributed by atoms with van der Waals surface area (Å²) in [5.41, 5.74) is 2.13. The average Bonchev–Trinajstić information content (AvgIpc) is 2.72. The van der Waals surface area contributed by atoms with Gasteiger partial charge in [-0.3, -0.25) is 4.79 Å². The zero-order chi connectivity index (χ0) is 18.4. The predicted octanol–water partition coefficient (Wildman–Crippen LogP) is 3.39. The van der Waals surface area contributed by atoms with Crippen LogP contribution in [0.1, 0.15) is 35.2 Å². The Morgan fingerprint density at radius 2 is 1.62 bits per heavy atom. The quantitative estimate of drug-likeness (QED) is 0.794. The van der Waals surface area contributed by atoms with Crippen LogP contribution in [-0.4, -0.2) is 36.5 Å². The summed E-state index contributed by atoms with van der Waals surface area (Å²) in [6.45, 7) is 1.19. The van der Waals surface area contributed by atoms with Crippen LogP contribution < -0.4 is 0 Å². The average molecular weight is 348 g/mol. The smallest absolute Gasteiger partial charge is 0.339 e. The maximum absolute atomic E-state index is 12.5. The lowest BCUT2D eigenvalue weighted by Gasteiger charge is -2.26. The first-order chi connectivity index (χ1) is 12.7. The van der Waals surface area contributed by atoms with Gasteiger partial charge in [0, 0.05) is 18.7 Å². The van der Waals surface area contributed by atoms with E-state index in [-0.39, 0.29) is 12.5 Å². The van der Waals surface area contributed by atoms with Gasteiger partial charge in [0.2, 0.25) is 0 Å². The third-order valence-corrected chi connectivity index (χ3v) is 4.52. The fraction of sp³-hybridized carbons (Fsp3) is 0.286. The highest BCUT2D eigenvalue weighted by atomic mass is 16.5. The van der Waals surface area contributed by atoms with Gasteiger partial charge in [-0.2, -0.15) is 5.26 Å². The van der Waals surface area contributed by atoms with Gasteiger partial charge in [-0.15, -0.1) is 0 Å². The molecule has 0 atom stereocenters. The Morgan fingerprint density at radius 1 is 0.962 bits per heavy atom. The van der Waals surface area contributed by atoms with Gasteiger partial charge in [-0.1, -0.05) is 36.4 Å². The lowest BCUT2D eigenvalue weighted by atomic mass is 9.96. The SMILES string of the molecule is N#Cc1ccccc1-c1ccccc1C(=O)OCC(=O)N1CCCCC1. The summed E-state index contributed by atoms with van der Waals surface area (Å²) in [7, 11) is 0. The number of hydrogen-bond acceptors (Lipinski definition) is 4. The molecule has 1 fully saturated rings. The molecule has 0 N–H and O–H groups in total. The van der Waals surface area contributed by atoms with E-state index in [1.54, 1.807) is 47.4 Å². The van der Waals surface area contributed by atoms with Crippen LogP contribution in [-0.2, 0) is 9.53 Å². The molecule has 0 unspecified atom stereocenters. The van der Waals surface area contributed by atoms with Crippen LogP contribution in [0.2, 0.25) is 0 Å². The first-order valence-electron chi connectivity index (χ1n) is 8.74. The van der Waals surface area contributed by atoms with E-state index >= 15 is 0 Å². The molecule has 1 aliphatic heterocycles. The van der Waals surface area contributed by atoms with E-state index in [1.807, 2.05) is 6.07 Å². The fourth-order valence-corrected chi connectivity index (χ4v) is 3.15. The molecule has 0 aromatic heterocycles. The predicted molar refractivity (Wildman–Crippen MR) is 97.3 cm³/mol. The molecule has 0 bridgehead atoms. The molecule has 132 valence electrons. The summed E-state index contributed by atoms with van der Waals surface area (Å²) in [4.78, 5) is 26.5. The van der Waals surface area contributed by atoms with Gasteiger partial charge >= 0.3 is 5.97 Å². The third-order valence-electron chi connectivity index (χ3n) is 4.52. The lowest BCUT2D eigenvalue weighted by molar-refractivity contribution is -0.135. The van der Waals surface area contributed by atoms with E-state index in [9.17, 15) is 14.9 Å². The maximum Gasteiger partial charge on any atom is 0.339 e. The van der Waals surface area contributed by atoms with Crippen molar-refractivity contribution in [3.05, 3.63) is 59.7 Å². The summed E-state index contributed by atoms with van der Waals surface area (Å²) in [5, 5.41) is 9.31. The monoisotopic (exact) mass is 348 g/mol. The first kappa shape index (κ1) is 17.7. The molecule has 0 spiro atoms. The van der Waals surface area contributed by atoms with Crippen molar-refractivity contribution in [3.63, 3.8) is 0 Å². The van der Waals surface area contributed by atoms with Gasteiger partial charge in [0.05, 0.1) is 17.2 Å². The first-order valence-corrected chi connectivity index (χ1v) is 8.74. The minimum Gasteiger partial charge on any atom is -0.452 e. The van der Waals surface area contributed by atoms with Crippen LogP contribution in [0.3, 0.4) is 0 Å². The minimum absolute atomic E-state index is 0.159. The molecule has 2 aromatic rings. The standard InChI is InChI=1S/C21H20N2O3/c22-14-16-8-2-3-9-17(16)18-10-4-5-11-19(18)21(25)26-15-20(24)23-12-6-1-7-13-23/h2-5,8-11H,1,6-7,12-13,15H2. The molecule has 0 aliphatic carbocycles. The van der Waals surface area contributed by atoms with Gasteiger partial charge < -0.3 is 9.64 Å². The largest absolute Gasteiger partial charge is 0.452 e. The molecule has 1 heterocycles. The molecule has 0 radical (unpaired) electrons. The van der Waals surface area contributed by atoms with E-state index < -0.39 is 5.97 Å². The molecule has 0 saturated carbocycles. The van der Waals surface area contributed by atoms with Crippen molar-refractivity contribution in [2.45, 2.75) is 19.3 Å². The van der Waals surface area contributed by atoms with Crippen molar-refractivity contribution >= 4 is 11.9 Å². The Balaban J connectivity index is 1.76. The van der Waals surface area contributed by atoms with Crippen molar-refractivity contribution in [1.82, 2.24) is 4.90 Å². The number of hydrogen-bond donors (Lipinski definition) is 0. The number of rotatable bonds is 4. The number of ether oxygens (including phenoxy) is 1. The van der Waals surface area contributed by atoms with Crippen LogP contribution in [0.15, 0.2) is 48.5 Å². The number of benzene rings is 2. The number of carbonyl (C=O) groups excluding carboxylic acids is 2. The number of nitriles is 1. The number of carbonyl (C=O) groups is 2. The van der Waals surface area contributed by atoms with Gasteiger partial charge in [0.15, 0.2) is 6.61 Å². The molecule has 26 heavy (non-hydrogen) atoms. The summed E-state index contributed by atoms with van der Waals surface area (Å²) in [5.74, 6) is -0.716. The highest BCUT2D eigenvalue weighted by Crippen LogP contribution is 2.27. The summed E-state index contributed by atoms with van der Waals surface area (Å²) < 4.78 is 5.27. The van der Waals surface area contributed by atoms with E-state index in [2.05, 4.69) is 6.07 Å². The number of esters is 1. The second kappa shape index (κ2) is 8.30. The molecule has 2 aromatic carbocycles. The van der Waals surface area contributed by atoms with Crippen LogP contribution in [0.25, 0.3) is 11.1 Å². The van der Waals surface area contributed by atoms with Crippen molar-refractivity contribution < 1.29 is 14.3 Å². The van der Waals surface area contributed by atoms with Gasteiger partial charge in [-0.25, -0.2) is 4.79 Å². The fourth-order valence-electron chi connectivity index (χ4n) is 3.15. The highest BCUT2D eigenvalue weighted by molar-refractivity contribution is 5.98. The van der Waals surface area contributed by atoms with Crippen LogP contribution in [0.4, 0.5) is 0 Å². The highest BCUT2D eigenvalue weighted by Gasteiger charge is 2.20. The van der Waals surface area contributed by atoms with Crippen molar-refractivity contribution in [2.75, 3.05) is 19.7 Å². The summed E-state index contributed by atoms with van der Waals surface area (Å²) in [6, 6.07) is 16.2. The van der Waals surface area contributed by atoms with Crippen molar-refractivity contribution in [2.24, 2.45) is 0 Å². The Bertz CT molecular complexity index is 848. The minimum atomic E-state index is -0.557. The molecule has 5 nitrogen and oxygen atoms in total. The van der Waals surface area contributed by atoms with E-state index in [0.717, 1.165) is 32.4 Å². The summed E-state index contributed by atoms with van der Waals surface area (Å²) >= 11 is 0. The lowest BCUT2D eigenvalue weighted by Crippen LogP contribution is -2.38. The Labute approximate surface area is 152 Å².